The molecule has 6 nitrogen and oxygen atoms in total. The number of carbonyl (C=O) groups is 2. The number of nitrogens with one attached hydrogen (secondary N) is 1. The highest BCUT2D eigenvalue weighted by atomic mass is 31.2. The molecule has 7 heteroatoms. The number of amides is 1. The molecule has 0 spiro atoms. The number of carboxylic acids is 1. The SMILES string of the molecule is COP(C)(=O)CC=C(NC(=O)c1ccccc1)C(=O)O. The second-order valence-corrected chi connectivity index (χ2v) is 6.88. The van der Waals surface area contributed by atoms with Gasteiger partial charge in [0.05, 0.1) is 0 Å². The highest BCUT2D eigenvalue weighted by Crippen LogP contribution is 2.41. The summed E-state index contributed by atoms with van der Waals surface area (Å²) >= 11 is 0. The molecule has 0 aliphatic carbocycles. The maximum atomic E-state index is 11.8. The van der Waals surface area contributed by atoms with Crippen molar-refractivity contribution in [3.63, 3.8) is 0 Å². The zero-order valence-corrected chi connectivity index (χ0v) is 12.1. The van der Waals surface area contributed by atoms with E-state index < -0.39 is 19.2 Å². The molecule has 20 heavy (non-hydrogen) atoms. The molecule has 0 radical (unpaired) electrons. The predicted molar refractivity (Wildman–Crippen MR) is 75.0 cm³/mol. The molecule has 0 aromatic heterocycles. The number of allylic oxidation sites excluding steroid dienone is 1. The third kappa shape index (κ3) is 4.99. The van der Waals surface area contributed by atoms with Gasteiger partial charge >= 0.3 is 5.97 Å². The molecular weight excluding hydrogens is 281 g/mol. The number of carbonyl (C=O) groups excluding carboxylic acids is 1. The number of hydrogen-bond acceptors (Lipinski definition) is 4. The number of carboxylic acid groups (broad SMARTS) is 1. The summed E-state index contributed by atoms with van der Waals surface area (Å²) in [6.07, 6.45) is 1.12. The molecule has 0 heterocycles. The average Bonchev–Trinajstić information content (AvgIpc) is 2.43. The first-order valence-electron chi connectivity index (χ1n) is 5.78. The molecule has 1 unspecified atom stereocenters. The summed E-state index contributed by atoms with van der Waals surface area (Å²) in [5.41, 5.74) is 0.0176. The Hall–Kier alpha value is -1.91. The van der Waals surface area contributed by atoms with Gasteiger partial charge in [-0.2, -0.15) is 0 Å². The highest BCUT2D eigenvalue weighted by molar-refractivity contribution is 7.58. The second kappa shape index (κ2) is 7.03. The quantitative estimate of drug-likeness (QED) is 0.618. The fourth-order valence-electron chi connectivity index (χ4n) is 1.31. The second-order valence-electron chi connectivity index (χ2n) is 4.12. The Kier molecular flexibility index (Phi) is 5.67. The van der Waals surface area contributed by atoms with Crippen LogP contribution < -0.4 is 5.32 Å². The Morgan fingerprint density at radius 3 is 2.45 bits per heavy atom. The van der Waals surface area contributed by atoms with Crippen LogP contribution in [0.1, 0.15) is 10.4 Å². The van der Waals surface area contributed by atoms with Crippen molar-refractivity contribution in [2.24, 2.45) is 0 Å². The van der Waals surface area contributed by atoms with Crippen LogP contribution in [0.25, 0.3) is 0 Å². The van der Waals surface area contributed by atoms with Crippen LogP contribution in [0.5, 0.6) is 0 Å². The van der Waals surface area contributed by atoms with Crippen LogP contribution in [-0.2, 0) is 13.9 Å². The van der Waals surface area contributed by atoms with Crippen LogP contribution in [0.4, 0.5) is 0 Å². The van der Waals surface area contributed by atoms with Crippen LogP contribution in [-0.4, -0.2) is 36.9 Å². The lowest BCUT2D eigenvalue weighted by Crippen LogP contribution is -2.27. The van der Waals surface area contributed by atoms with Crippen molar-refractivity contribution in [2.75, 3.05) is 19.9 Å². The fraction of sp³-hybridized carbons (Fsp3) is 0.231. The maximum Gasteiger partial charge on any atom is 0.352 e. The van der Waals surface area contributed by atoms with Crippen molar-refractivity contribution in [1.82, 2.24) is 5.32 Å². The molecule has 0 saturated carbocycles. The largest absolute Gasteiger partial charge is 0.477 e. The first-order chi connectivity index (χ1) is 9.35. The summed E-state index contributed by atoms with van der Waals surface area (Å²) in [7, 11) is -1.58. The Morgan fingerprint density at radius 1 is 1.35 bits per heavy atom. The molecule has 108 valence electrons. The molecule has 0 aliphatic rings. The summed E-state index contributed by atoms with van der Waals surface area (Å²) in [6, 6.07) is 8.22. The standard InChI is InChI=1S/C13H16NO5P/c1-19-20(2,18)9-8-11(13(16)17)14-12(15)10-6-4-3-5-7-10/h3-8H,9H2,1-2H3,(H,14,15)(H,16,17). The van der Waals surface area contributed by atoms with E-state index in [1.807, 2.05) is 0 Å². The minimum atomic E-state index is -2.87. The summed E-state index contributed by atoms with van der Waals surface area (Å²) in [5, 5.41) is 11.3. The van der Waals surface area contributed by atoms with Crippen molar-refractivity contribution in [2.45, 2.75) is 0 Å². The first kappa shape index (κ1) is 16.1. The molecule has 1 amide bonds. The number of rotatable bonds is 6. The summed E-state index contributed by atoms with van der Waals surface area (Å²) < 4.78 is 16.5. The van der Waals surface area contributed by atoms with Gasteiger partial charge in [0.15, 0.2) is 0 Å². The zero-order chi connectivity index (χ0) is 15.2. The molecule has 0 saturated heterocycles. The Morgan fingerprint density at radius 2 is 1.95 bits per heavy atom. The highest BCUT2D eigenvalue weighted by Gasteiger charge is 2.16. The van der Waals surface area contributed by atoms with Gasteiger partial charge in [-0.3, -0.25) is 9.36 Å². The Bertz CT molecular complexity index is 567. The van der Waals surface area contributed by atoms with Gasteiger partial charge in [-0.1, -0.05) is 18.2 Å². The first-order valence-corrected chi connectivity index (χ1v) is 8.03. The molecule has 1 aromatic carbocycles. The minimum Gasteiger partial charge on any atom is -0.477 e. The van der Waals surface area contributed by atoms with Gasteiger partial charge in [0, 0.05) is 25.5 Å². The normalized spacial score (nSPS) is 14.4. The van der Waals surface area contributed by atoms with E-state index in [-0.39, 0.29) is 11.9 Å². The van der Waals surface area contributed by atoms with Gasteiger partial charge in [-0.15, -0.1) is 0 Å². The van der Waals surface area contributed by atoms with Gasteiger partial charge in [-0.05, 0) is 18.2 Å². The van der Waals surface area contributed by atoms with Gasteiger partial charge in [0.25, 0.3) is 5.91 Å². The zero-order valence-electron chi connectivity index (χ0n) is 11.2. The van der Waals surface area contributed by atoms with E-state index in [0.29, 0.717) is 5.56 Å². The van der Waals surface area contributed by atoms with Gasteiger partial charge < -0.3 is 14.9 Å². The maximum absolute atomic E-state index is 11.8. The van der Waals surface area contributed by atoms with Crippen LogP contribution in [0, 0.1) is 0 Å². The van der Waals surface area contributed by atoms with Crippen molar-refractivity contribution in [3.8, 4) is 0 Å². The smallest absolute Gasteiger partial charge is 0.352 e. The number of hydrogen-bond donors (Lipinski definition) is 2. The third-order valence-corrected chi connectivity index (χ3v) is 4.15. The Labute approximate surface area is 116 Å². The van der Waals surface area contributed by atoms with E-state index in [9.17, 15) is 14.2 Å². The molecule has 0 bridgehead atoms. The van der Waals surface area contributed by atoms with Crippen molar-refractivity contribution in [3.05, 3.63) is 47.7 Å². The fourth-order valence-corrected chi connectivity index (χ4v) is 1.97. The summed E-state index contributed by atoms with van der Waals surface area (Å²) in [6.45, 7) is 1.39. The van der Waals surface area contributed by atoms with Crippen LogP contribution in [0.3, 0.4) is 0 Å². The lowest BCUT2D eigenvalue weighted by Gasteiger charge is -2.09. The lowest BCUT2D eigenvalue weighted by atomic mass is 10.2. The van der Waals surface area contributed by atoms with E-state index in [0.717, 1.165) is 0 Å². The number of aliphatic carboxylic acids is 1. The number of benzene rings is 1. The van der Waals surface area contributed by atoms with Crippen LogP contribution >= 0.6 is 7.37 Å². The van der Waals surface area contributed by atoms with E-state index in [2.05, 4.69) is 5.32 Å². The molecule has 1 aromatic rings. The molecule has 2 N–H and O–H groups in total. The van der Waals surface area contributed by atoms with Crippen LogP contribution in [0.15, 0.2) is 42.1 Å². The summed E-state index contributed by atoms with van der Waals surface area (Å²) in [4.78, 5) is 22.9. The van der Waals surface area contributed by atoms with Gasteiger partial charge in [-0.25, -0.2) is 4.79 Å². The minimum absolute atomic E-state index is 0.0692. The molecule has 0 aliphatic heterocycles. The predicted octanol–water partition coefficient (Wildman–Crippen LogP) is 1.94. The molecular formula is C13H16NO5P. The third-order valence-electron chi connectivity index (χ3n) is 2.53. The topological polar surface area (TPSA) is 92.7 Å². The van der Waals surface area contributed by atoms with Gasteiger partial charge in [0.1, 0.15) is 5.70 Å². The summed E-state index contributed by atoms with van der Waals surface area (Å²) in [5.74, 6) is -1.84. The van der Waals surface area contributed by atoms with E-state index in [1.54, 1.807) is 30.3 Å². The van der Waals surface area contributed by atoms with E-state index >= 15 is 0 Å². The van der Waals surface area contributed by atoms with Crippen LogP contribution in [0.2, 0.25) is 0 Å². The monoisotopic (exact) mass is 297 g/mol. The van der Waals surface area contributed by atoms with Gasteiger partial charge in [0.2, 0.25) is 7.37 Å². The van der Waals surface area contributed by atoms with E-state index in [4.69, 9.17) is 9.63 Å². The van der Waals surface area contributed by atoms with Crippen molar-refractivity contribution >= 4 is 19.2 Å². The van der Waals surface area contributed by atoms with Crippen molar-refractivity contribution < 1.29 is 23.8 Å². The molecule has 1 atom stereocenters. The lowest BCUT2D eigenvalue weighted by molar-refractivity contribution is -0.133. The average molecular weight is 297 g/mol. The molecule has 1 rings (SSSR count). The molecule has 0 fully saturated rings. The van der Waals surface area contributed by atoms with E-state index in [1.165, 1.54) is 19.9 Å². The Balaban J connectivity index is 2.84. The van der Waals surface area contributed by atoms with Crippen molar-refractivity contribution in [1.29, 1.82) is 0 Å².